The van der Waals surface area contributed by atoms with Crippen LogP contribution in [0, 0.1) is 0 Å². The zero-order chi connectivity index (χ0) is 9.03. The molecule has 1 aliphatic carbocycles. The van der Waals surface area contributed by atoms with Gasteiger partial charge in [-0.2, -0.15) is 0 Å². The van der Waals surface area contributed by atoms with Gasteiger partial charge in [0, 0.05) is 12.3 Å². The Bertz CT molecular complexity index is 217. The molecule has 0 aromatic heterocycles. The van der Waals surface area contributed by atoms with E-state index in [-0.39, 0.29) is 5.88 Å². The third-order valence-electron chi connectivity index (χ3n) is 2.24. The molecule has 0 unspecified atom stereocenters. The Hall–Kier alpha value is -0.0900. The Balaban J connectivity index is 2.22. The minimum absolute atomic E-state index is 0.137. The van der Waals surface area contributed by atoms with Crippen LogP contribution in [-0.4, -0.2) is 26.6 Å². The molecular formula is C8H17NO2S. The van der Waals surface area contributed by atoms with Gasteiger partial charge in [-0.05, 0) is 12.8 Å². The Morgan fingerprint density at radius 2 is 1.83 bits per heavy atom. The largest absolute Gasteiger partial charge is 0.301 e. The van der Waals surface area contributed by atoms with E-state index in [1.54, 1.807) is 0 Å². The maximum Gasteiger partial charge on any atom is 0.160 e. The molecule has 0 heterocycles. The van der Waals surface area contributed by atoms with E-state index in [1.165, 1.54) is 25.5 Å². The fourth-order valence-electron chi connectivity index (χ4n) is 1.58. The van der Waals surface area contributed by atoms with Gasteiger partial charge in [0.25, 0.3) is 0 Å². The summed E-state index contributed by atoms with van der Waals surface area (Å²) in [5.41, 5.74) is 0. The summed E-state index contributed by atoms with van der Waals surface area (Å²) in [6.07, 6.45) is 7.31. The van der Waals surface area contributed by atoms with Crippen molar-refractivity contribution < 1.29 is 8.42 Å². The molecule has 1 fully saturated rings. The third kappa shape index (κ3) is 4.07. The summed E-state index contributed by atoms with van der Waals surface area (Å²) in [6.45, 7) is 0. The van der Waals surface area contributed by atoms with Crippen molar-refractivity contribution in [2.45, 2.75) is 38.1 Å². The highest BCUT2D eigenvalue weighted by atomic mass is 32.2. The lowest BCUT2D eigenvalue weighted by Gasteiger charge is -2.22. The first-order valence-corrected chi connectivity index (χ1v) is 6.55. The number of sulfone groups is 1. The molecule has 1 rings (SSSR count). The van der Waals surface area contributed by atoms with Gasteiger partial charge in [0.2, 0.25) is 0 Å². The van der Waals surface area contributed by atoms with Gasteiger partial charge in [-0.25, -0.2) is 8.42 Å². The van der Waals surface area contributed by atoms with E-state index in [2.05, 4.69) is 5.32 Å². The molecule has 0 aliphatic heterocycles. The molecule has 0 spiro atoms. The molecule has 0 radical (unpaired) electrons. The second kappa shape index (κ2) is 4.23. The standard InChI is InChI=1S/C8H17NO2S/c1-12(10,11)7-9-8-5-3-2-4-6-8/h8-9H,2-7H2,1H3. The molecule has 0 atom stereocenters. The Morgan fingerprint density at radius 1 is 1.25 bits per heavy atom. The Kier molecular flexibility index (Phi) is 3.53. The summed E-state index contributed by atoms with van der Waals surface area (Å²) in [5, 5.41) is 3.07. The molecular weight excluding hydrogens is 174 g/mol. The molecule has 0 bridgehead atoms. The average Bonchev–Trinajstić information content (AvgIpc) is 2.02. The first-order chi connectivity index (χ1) is 5.58. The monoisotopic (exact) mass is 191 g/mol. The predicted octanol–water partition coefficient (Wildman–Crippen LogP) is 0.911. The zero-order valence-corrected chi connectivity index (χ0v) is 8.36. The smallest absolute Gasteiger partial charge is 0.160 e. The van der Waals surface area contributed by atoms with Crippen LogP contribution in [0.5, 0.6) is 0 Å². The van der Waals surface area contributed by atoms with Gasteiger partial charge in [-0.15, -0.1) is 0 Å². The van der Waals surface area contributed by atoms with Gasteiger partial charge in [0.15, 0.2) is 9.84 Å². The first kappa shape index (κ1) is 9.99. The van der Waals surface area contributed by atoms with Crippen molar-refractivity contribution in [3.63, 3.8) is 0 Å². The fraction of sp³-hybridized carbons (Fsp3) is 1.00. The lowest BCUT2D eigenvalue weighted by Crippen LogP contribution is -2.34. The SMILES string of the molecule is CS(=O)(=O)CNC1CCCCC1. The quantitative estimate of drug-likeness (QED) is 0.721. The van der Waals surface area contributed by atoms with Gasteiger partial charge in [-0.1, -0.05) is 19.3 Å². The van der Waals surface area contributed by atoms with Gasteiger partial charge >= 0.3 is 0 Å². The lowest BCUT2D eigenvalue weighted by molar-refractivity contribution is 0.388. The van der Waals surface area contributed by atoms with E-state index >= 15 is 0 Å². The van der Waals surface area contributed by atoms with Gasteiger partial charge in [0.05, 0.1) is 5.88 Å². The van der Waals surface area contributed by atoms with Crippen LogP contribution in [0.25, 0.3) is 0 Å². The van der Waals surface area contributed by atoms with Crippen LogP contribution in [-0.2, 0) is 9.84 Å². The highest BCUT2D eigenvalue weighted by molar-refractivity contribution is 7.90. The molecule has 1 aliphatic rings. The molecule has 0 aromatic rings. The molecule has 0 aromatic carbocycles. The molecule has 0 saturated heterocycles. The normalized spacial score (nSPS) is 21.1. The maximum atomic E-state index is 10.8. The van der Waals surface area contributed by atoms with Crippen LogP contribution in [0.1, 0.15) is 32.1 Å². The lowest BCUT2D eigenvalue weighted by atomic mass is 9.96. The second-order valence-corrected chi connectivity index (χ2v) is 5.75. The van der Waals surface area contributed by atoms with E-state index in [1.807, 2.05) is 0 Å². The van der Waals surface area contributed by atoms with Gasteiger partial charge in [-0.3, -0.25) is 0 Å². The average molecular weight is 191 g/mol. The maximum absolute atomic E-state index is 10.8. The molecule has 3 nitrogen and oxygen atoms in total. The van der Waals surface area contributed by atoms with Crippen LogP contribution in [0.3, 0.4) is 0 Å². The fourth-order valence-corrected chi connectivity index (χ4v) is 2.11. The first-order valence-electron chi connectivity index (χ1n) is 4.49. The predicted molar refractivity (Wildman–Crippen MR) is 49.7 cm³/mol. The van der Waals surface area contributed by atoms with Gasteiger partial charge < -0.3 is 5.32 Å². The highest BCUT2D eigenvalue weighted by Gasteiger charge is 2.13. The van der Waals surface area contributed by atoms with Crippen molar-refractivity contribution >= 4 is 9.84 Å². The van der Waals surface area contributed by atoms with Crippen LogP contribution < -0.4 is 5.32 Å². The van der Waals surface area contributed by atoms with Crippen LogP contribution >= 0.6 is 0 Å². The van der Waals surface area contributed by atoms with Crippen LogP contribution in [0.4, 0.5) is 0 Å². The molecule has 4 heteroatoms. The molecule has 0 amide bonds. The van der Waals surface area contributed by atoms with E-state index in [0.717, 1.165) is 12.8 Å². The van der Waals surface area contributed by atoms with Crippen molar-refractivity contribution in [1.82, 2.24) is 5.32 Å². The second-order valence-electron chi connectivity index (χ2n) is 3.61. The minimum atomic E-state index is -2.83. The number of hydrogen-bond acceptors (Lipinski definition) is 3. The van der Waals surface area contributed by atoms with E-state index in [0.29, 0.717) is 6.04 Å². The minimum Gasteiger partial charge on any atom is -0.301 e. The van der Waals surface area contributed by atoms with E-state index in [4.69, 9.17) is 0 Å². The molecule has 1 N–H and O–H groups in total. The third-order valence-corrected chi connectivity index (χ3v) is 2.93. The summed E-state index contributed by atoms with van der Waals surface area (Å²) < 4.78 is 21.6. The topological polar surface area (TPSA) is 46.2 Å². The van der Waals surface area contributed by atoms with Crippen molar-refractivity contribution in [3.8, 4) is 0 Å². The summed E-state index contributed by atoms with van der Waals surface area (Å²) >= 11 is 0. The summed E-state index contributed by atoms with van der Waals surface area (Å²) in [7, 11) is -2.83. The molecule has 12 heavy (non-hydrogen) atoms. The molecule has 1 saturated carbocycles. The zero-order valence-electron chi connectivity index (χ0n) is 7.54. The van der Waals surface area contributed by atoms with Crippen LogP contribution in [0.2, 0.25) is 0 Å². The number of rotatable bonds is 3. The van der Waals surface area contributed by atoms with E-state index in [9.17, 15) is 8.42 Å². The van der Waals surface area contributed by atoms with Crippen LogP contribution in [0.15, 0.2) is 0 Å². The van der Waals surface area contributed by atoms with E-state index < -0.39 is 9.84 Å². The Morgan fingerprint density at radius 3 is 2.33 bits per heavy atom. The highest BCUT2D eigenvalue weighted by Crippen LogP contribution is 2.17. The van der Waals surface area contributed by atoms with Crippen molar-refractivity contribution in [1.29, 1.82) is 0 Å². The van der Waals surface area contributed by atoms with Crippen molar-refractivity contribution in [2.75, 3.05) is 12.1 Å². The summed E-state index contributed by atoms with van der Waals surface area (Å²) in [4.78, 5) is 0. The summed E-state index contributed by atoms with van der Waals surface area (Å²) in [6, 6.07) is 0.438. The molecule has 72 valence electrons. The number of hydrogen-bond donors (Lipinski definition) is 1. The summed E-state index contributed by atoms with van der Waals surface area (Å²) in [5.74, 6) is 0.137. The van der Waals surface area contributed by atoms with Gasteiger partial charge in [0.1, 0.15) is 0 Å². The van der Waals surface area contributed by atoms with Crippen molar-refractivity contribution in [2.24, 2.45) is 0 Å². The Labute approximate surface area is 74.5 Å². The number of nitrogens with one attached hydrogen (secondary N) is 1. The van der Waals surface area contributed by atoms with Crippen molar-refractivity contribution in [3.05, 3.63) is 0 Å².